The summed E-state index contributed by atoms with van der Waals surface area (Å²) in [6, 6.07) is 0. The van der Waals surface area contributed by atoms with Crippen LogP contribution in [0.25, 0.3) is 0 Å². The summed E-state index contributed by atoms with van der Waals surface area (Å²) in [4.78, 5) is 22.0. The summed E-state index contributed by atoms with van der Waals surface area (Å²) in [5, 5.41) is 0. The number of carbonyl (C=O) groups excluding carboxylic acids is 2. The molecule has 1 unspecified atom stereocenters. The van der Waals surface area contributed by atoms with Gasteiger partial charge in [-0.2, -0.15) is 30.7 Å². The third kappa shape index (κ3) is 8.16. The van der Waals surface area contributed by atoms with Gasteiger partial charge in [0.1, 0.15) is 0 Å². The van der Waals surface area contributed by atoms with Crippen LogP contribution in [0.4, 0.5) is 35.1 Å². The Hall–Kier alpha value is -1.88. The van der Waals surface area contributed by atoms with Crippen LogP contribution in [0.1, 0.15) is 26.2 Å². The fraction of sp³-hybridized carbons (Fsp3) is 0.692. The van der Waals surface area contributed by atoms with Gasteiger partial charge in [-0.15, -0.1) is 0 Å². The number of esters is 2. The first-order valence-electron chi connectivity index (χ1n) is 6.77. The van der Waals surface area contributed by atoms with Crippen LogP contribution in [-0.4, -0.2) is 42.9 Å². The molecular weight excluding hydrogens is 372 g/mol. The van der Waals surface area contributed by atoms with E-state index in [2.05, 4.69) is 9.47 Å². The molecule has 0 aliphatic carbocycles. The van der Waals surface area contributed by atoms with E-state index in [0.717, 1.165) is 0 Å². The average molecular weight is 386 g/mol. The van der Waals surface area contributed by atoms with Crippen LogP contribution in [0.5, 0.6) is 0 Å². The third-order valence-electron chi connectivity index (χ3n) is 2.52. The molecule has 12 heteroatoms. The topological polar surface area (TPSA) is 52.6 Å². The lowest BCUT2D eigenvalue weighted by Gasteiger charge is -2.28. The van der Waals surface area contributed by atoms with Crippen LogP contribution in [0.2, 0.25) is 0 Å². The minimum Gasteiger partial charge on any atom is -0.463 e. The Morgan fingerprint density at radius 1 is 1.00 bits per heavy atom. The molecule has 0 saturated heterocycles. The zero-order valence-electron chi connectivity index (χ0n) is 12.7. The van der Waals surface area contributed by atoms with Gasteiger partial charge in [0.25, 0.3) is 0 Å². The van der Waals surface area contributed by atoms with E-state index in [1.54, 1.807) is 6.92 Å². The molecule has 0 aromatic heterocycles. The van der Waals surface area contributed by atoms with E-state index in [0.29, 0.717) is 12.8 Å². The van der Waals surface area contributed by atoms with Gasteiger partial charge in [-0.3, -0.25) is 0 Å². The molecular formula is C13H14F8O4. The van der Waals surface area contributed by atoms with Crippen molar-refractivity contribution in [2.24, 2.45) is 0 Å². The van der Waals surface area contributed by atoms with Gasteiger partial charge in [0, 0.05) is 12.2 Å². The van der Waals surface area contributed by atoms with E-state index in [-0.39, 0.29) is 18.8 Å². The molecule has 25 heavy (non-hydrogen) atoms. The highest BCUT2D eigenvalue weighted by molar-refractivity contribution is 5.91. The van der Waals surface area contributed by atoms with E-state index in [9.17, 15) is 44.7 Å². The second kappa shape index (κ2) is 8.99. The zero-order chi connectivity index (χ0) is 19.9. The lowest BCUT2D eigenvalue weighted by molar-refractivity contribution is -0.349. The number of halogens is 8. The molecule has 0 bridgehead atoms. The van der Waals surface area contributed by atoms with Gasteiger partial charge in [-0.05, 0) is 6.42 Å². The highest BCUT2D eigenvalue weighted by Crippen LogP contribution is 2.42. The first kappa shape index (κ1) is 23.1. The summed E-state index contributed by atoms with van der Waals surface area (Å²) in [6.07, 6.45) is -17.2. The van der Waals surface area contributed by atoms with Crippen molar-refractivity contribution in [1.82, 2.24) is 0 Å². The molecule has 1 atom stereocenters. The monoisotopic (exact) mass is 386 g/mol. The Morgan fingerprint density at radius 2 is 1.52 bits per heavy atom. The van der Waals surface area contributed by atoms with E-state index in [1.165, 1.54) is 0 Å². The summed E-state index contributed by atoms with van der Waals surface area (Å²) >= 11 is 0. The Kier molecular flexibility index (Phi) is 8.32. The minimum absolute atomic E-state index is 0.00470. The van der Waals surface area contributed by atoms with Gasteiger partial charge < -0.3 is 9.47 Å². The van der Waals surface area contributed by atoms with Crippen molar-refractivity contribution >= 4 is 11.9 Å². The summed E-state index contributed by atoms with van der Waals surface area (Å²) in [7, 11) is 0. The molecule has 0 aliphatic heterocycles. The lowest BCUT2D eigenvalue weighted by Crippen LogP contribution is -2.51. The predicted molar refractivity (Wildman–Crippen MR) is 66.6 cm³/mol. The first-order valence-corrected chi connectivity index (χ1v) is 6.77. The number of carbonyl (C=O) groups is 2. The second-order valence-electron chi connectivity index (χ2n) is 4.70. The second-order valence-corrected chi connectivity index (χ2v) is 4.70. The van der Waals surface area contributed by atoms with Gasteiger partial charge in [0.15, 0.2) is 6.17 Å². The maximum absolute atomic E-state index is 13.1. The van der Waals surface area contributed by atoms with Crippen molar-refractivity contribution in [3.05, 3.63) is 12.2 Å². The van der Waals surface area contributed by atoms with Crippen molar-refractivity contribution in [3.8, 4) is 0 Å². The van der Waals surface area contributed by atoms with Crippen molar-refractivity contribution < 1.29 is 54.2 Å². The highest BCUT2D eigenvalue weighted by atomic mass is 19.4. The van der Waals surface area contributed by atoms with Gasteiger partial charge >= 0.3 is 30.1 Å². The maximum atomic E-state index is 13.1. The summed E-state index contributed by atoms with van der Waals surface area (Å²) in [5.74, 6) is -9.30. The average Bonchev–Trinajstić information content (AvgIpc) is 2.43. The lowest BCUT2D eigenvalue weighted by atomic mass is 10.1. The predicted octanol–water partition coefficient (Wildman–Crippen LogP) is 3.95. The molecule has 146 valence electrons. The Balaban J connectivity index is 4.82. The van der Waals surface area contributed by atoms with Crippen molar-refractivity contribution in [2.45, 2.75) is 50.6 Å². The molecule has 0 aromatic carbocycles. The fourth-order valence-corrected chi connectivity index (χ4v) is 1.24. The van der Waals surface area contributed by atoms with Crippen molar-refractivity contribution in [1.29, 1.82) is 0 Å². The Morgan fingerprint density at radius 3 is 2.00 bits per heavy atom. The van der Waals surface area contributed by atoms with Crippen LogP contribution in [-0.2, 0) is 19.1 Å². The summed E-state index contributed by atoms with van der Waals surface area (Å²) < 4.78 is 108. The van der Waals surface area contributed by atoms with Crippen LogP contribution < -0.4 is 0 Å². The minimum atomic E-state index is -5.94. The quantitative estimate of drug-likeness (QED) is 0.261. The molecule has 0 saturated carbocycles. The first-order chi connectivity index (χ1) is 11.2. The van der Waals surface area contributed by atoms with Crippen LogP contribution in [0, 0.1) is 0 Å². The molecule has 4 nitrogen and oxygen atoms in total. The van der Waals surface area contributed by atoms with Gasteiger partial charge in [-0.1, -0.05) is 13.3 Å². The zero-order valence-corrected chi connectivity index (χ0v) is 12.7. The molecule has 0 fully saturated rings. The largest absolute Gasteiger partial charge is 0.469 e. The van der Waals surface area contributed by atoms with Crippen LogP contribution in [0.15, 0.2) is 12.2 Å². The van der Waals surface area contributed by atoms with Gasteiger partial charge in [0.2, 0.25) is 0 Å². The van der Waals surface area contributed by atoms with E-state index >= 15 is 0 Å². The number of rotatable bonds is 9. The van der Waals surface area contributed by atoms with Crippen LogP contribution in [0.3, 0.4) is 0 Å². The molecule has 0 heterocycles. The molecule has 0 aromatic rings. The Labute approximate surface area is 136 Å². The standard InChI is InChI=1S/C13H14F8O4/c1-2-3-6-24-9(22)4-5-10(23)25-13(20,21)12(18,19)8(14)7-11(15,16)17/h4-5,8H,2-3,6-7H2,1H3/b5-4+. The summed E-state index contributed by atoms with van der Waals surface area (Å²) in [6.45, 7) is 1.71. The smallest absolute Gasteiger partial charge is 0.463 e. The number of unbranched alkanes of at least 4 members (excludes halogenated alkanes) is 1. The van der Waals surface area contributed by atoms with Crippen LogP contribution >= 0.6 is 0 Å². The maximum Gasteiger partial charge on any atom is 0.469 e. The SMILES string of the molecule is CCCCOC(=O)/C=C/C(=O)OC(F)(F)C(F)(F)C(F)CC(F)(F)F. The number of hydrogen-bond donors (Lipinski definition) is 0. The number of hydrogen-bond acceptors (Lipinski definition) is 4. The van der Waals surface area contributed by atoms with E-state index < -0.39 is 42.7 Å². The van der Waals surface area contributed by atoms with Gasteiger partial charge in [-0.25, -0.2) is 14.0 Å². The molecule has 0 aliphatic rings. The van der Waals surface area contributed by atoms with Gasteiger partial charge in [0.05, 0.1) is 13.0 Å². The summed E-state index contributed by atoms with van der Waals surface area (Å²) in [5.41, 5.74) is 0. The van der Waals surface area contributed by atoms with E-state index in [4.69, 9.17) is 0 Å². The van der Waals surface area contributed by atoms with Crippen molar-refractivity contribution in [2.75, 3.05) is 6.61 Å². The highest BCUT2D eigenvalue weighted by Gasteiger charge is 2.66. The molecule has 0 N–H and O–H groups in total. The third-order valence-corrected chi connectivity index (χ3v) is 2.52. The fourth-order valence-electron chi connectivity index (χ4n) is 1.24. The molecule has 0 amide bonds. The number of alkyl halides is 8. The number of ether oxygens (including phenoxy) is 2. The van der Waals surface area contributed by atoms with Crippen molar-refractivity contribution in [3.63, 3.8) is 0 Å². The molecule has 0 radical (unpaired) electrons. The molecule has 0 rings (SSSR count). The normalized spacial score (nSPS) is 14.4. The van der Waals surface area contributed by atoms with E-state index in [1.807, 2.05) is 0 Å². The molecule has 0 spiro atoms. The Bertz CT molecular complexity index is 487.